The third-order valence-corrected chi connectivity index (χ3v) is 5.99. The van der Waals surface area contributed by atoms with Crippen molar-refractivity contribution >= 4 is 18.3 Å². The summed E-state index contributed by atoms with van der Waals surface area (Å²) in [7, 11) is 0. The van der Waals surface area contributed by atoms with Crippen LogP contribution in [0, 0.1) is 11.8 Å². The van der Waals surface area contributed by atoms with E-state index in [1.54, 1.807) is 0 Å². The molecule has 3 N–H and O–H groups in total. The highest BCUT2D eigenvalue weighted by molar-refractivity contribution is 5.85. The van der Waals surface area contributed by atoms with E-state index in [0.717, 1.165) is 17.7 Å². The van der Waals surface area contributed by atoms with Gasteiger partial charge in [-0.3, -0.25) is 4.79 Å². The first-order valence-electron chi connectivity index (χ1n) is 9.88. The van der Waals surface area contributed by atoms with E-state index in [9.17, 15) is 4.79 Å². The van der Waals surface area contributed by atoms with E-state index in [2.05, 4.69) is 36.5 Å². The molecule has 2 aliphatic carbocycles. The summed E-state index contributed by atoms with van der Waals surface area (Å²) in [6, 6.07) is 18.3. The van der Waals surface area contributed by atoms with Crippen molar-refractivity contribution in [1.29, 1.82) is 0 Å². The fourth-order valence-corrected chi connectivity index (χ4v) is 3.82. The quantitative estimate of drug-likeness (QED) is 0.703. The first-order chi connectivity index (χ1) is 13.1. The van der Waals surface area contributed by atoms with E-state index in [1.807, 2.05) is 30.3 Å². The number of amides is 1. The van der Waals surface area contributed by atoms with E-state index in [-0.39, 0.29) is 29.8 Å². The third kappa shape index (κ3) is 4.68. The number of carbonyl (C=O) groups excluding carboxylic acids is 1. The van der Waals surface area contributed by atoms with Gasteiger partial charge in [0.25, 0.3) is 0 Å². The molecule has 0 saturated heterocycles. The van der Waals surface area contributed by atoms with Crippen LogP contribution in [0.3, 0.4) is 0 Å². The molecule has 0 radical (unpaired) electrons. The summed E-state index contributed by atoms with van der Waals surface area (Å²) in [4.78, 5) is 12.6. The van der Waals surface area contributed by atoms with Gasteiger partial charge in [0.2, 0.25) is 5.91 Å². The van der Waals surface area contributed by atoms with Crippen LogP contribution in [-0.2, 0) is 11.4 Å². The normalized spacial score (nSPS) is 22.5. The van der Waals surface area contributed by atoms with E-state index < -0.39 is 0 Å². The maximum absolute atomic E-state index is 12.6. The molecule has 2 aromatic rings. The maximum Gasteiger partial charge on any atom is 0.224 e. The first-order valence-corrected chi connectivity index (χ1v) is 9.88. The fourth-order valence-electron chi connectivity index (χ4n) is 3.82. The summed E-state index contributed by atoms with van der Waals surface area (Å²) >= 11 is 0. The fraction of sp³-hybridized carbons (Fsp3) is 0.435. The molecule has 2 aliphatic rings. The van der Waals surface area contributed by atoms with Gasteiger partial charge in [-0.25, -0.2) is 0 Å². The number of rotatable bonds is 8. The van der Waals surface area contributed by atoms with Crippen molar-refractivity contribution in [2.24, 2.45) is 17.6 Å². The van der Waals surface area contributed by atoms with Gasteiger partial charge in [-0.15, -0.1) is 12.4 Å². The number of carbonyl (C=O) groups is 1. The minimum Gasteiger partial charge on any atom is -0.489 e. The second-order valence-electron chi connectivity index (χ2n) is 8.18. The molecule has 1 amide bonds. The molecule has 2 saturated carbocycles. The number of halogens is 1. The topological polar surface area (TPSA) is 64.3 Å². The van der Waals surface area contributed by atoms with Crippen molar-refractivity contribution < 1.29 is 9.53 Å². The van der Waals surface area contributed by atoms with Crippen molar-refractivity contribution in [3.05, 3.63) is 65.7 Å². The van der Waals surface area contributed by atoms with E-state index in [0.29, 0.717) is 25.0 Å². The molecular formula is C23H29ClN2O2. The van der Waals surface area contributed by atoms with Gasteiger partial charge in [0.15, 0.2) is 0 Å². The monoisotopic (exact) mass is 400 g/mol. The minimum absolute atomic E-state index is 0. The number of hydrogen-bond donors (Lipinski definition) is 2. The maximum atomic E-state index is 12.6. The molecule has 2 fully saturated rings. The average molecular weight is 401 g/mol. The minimum atomic E-state index is -0.237. The standard InChI is InChI=1S/C23H28N2O2.ClH/c1-23(15-24,18-9-10-18)25-22(26)21-13-20(21)17-7-11-19(12-8-17)27-14-16-5-3-2-4-6-16;/h2-8,11-12,18,20-21H,9-10,13-15,24H2,1H3,(H,25,26);1H. The van der Waals surface area contributed by atoms with Crippen LogP contribution in [-0.4, -0.2) is 18.0 Å². The van der Waals surface area contributed by atoms with Crippen molar-refractivity contribution in [3.63, 3.8) is 0 Å². The lowest BCUT2D eigenvalue weighted by atomic mass is 9.95. The molecule has 3 atom stereocenters. The van der Waals surface area contributed by atoms with Gasteiger partial charge in [-0.1, -0.05) is 42.5 Å². The number of nitrogens with two attached hydrogens (primary N) is 1. The summed E-state index contributed by atoms with van der Waals surface area (Å²) in [5.41, 5.74) is 8.05. The highest BCUT2D eigenvalue weighted by Gasteiger charge is 2.48. The predicted molar refractivity (Wildman–Crippen MR) is 114 cm³/mol. The molecule has 28 heavy (non-hydrogen) atoms. The average Bonchev–Trinajstić information content (AvgIpc) is 3.59. The van der Waals surface area contributed by atoms with Crippen molar-refractivity contribution in [2.75, 3.05) is 6.54 Å². The lowest BCUT2D eigenvalue weighted by molar-refractivity contribution is -0.124. The Kier molecular flexibility index (Phi) is 6.31. The van der Waals surface area contributed by atoms with Gasteiger partial charge in [0.05, 0.1) is 5.54 Å². The molecule has 4 nitrogen and oxygen atoms in total. The number of ether oxygens (including phenoxy) is 1. The largest absolute Gasteiger partial charge is 0.489 e. The van der Waals surface area contributed by atoms with Crippen LogP contribution >= 0.6 is 12.4 Å². The van der Waals surface area contributed by atoms with Gasteiger partial charge in [-0.2, -0.15) is 0 Å². The number of nitrogens with one attached hydrogen (secondary N) is 1. The molecule has 0 heterocycles. The summed E-state index contributed by atoms with van der Waals surface area (Å²) in [6.07, 6.45) is 3.26. The van der Waals surface area contributed by atoms with Crippen LogP contribution in [0.4, 0.5) is 0 Å². The zero-order valence-electron chi connectivity index (χ0n) is 16.3. The first kappa shape index (κ1) is 20.7. The third-order valence-electron chi connectivity index (χ3n) is 5.99. The molecule has 2 aromatic carbocycles. The van der Waals surface area contributed by atoms with Crippen molar-refractivity contribution in [2.45, 2.75) is 44.2 Å². The van der Waals surface area contributed by atoms with E-state index >= 15 is 0 Å². The van der Waals surface area contributed by atoms with Crippen LogP contribution in [0.15, 0.2) is 54.6 Å². The Morgan fingerprint density at radius 3 is 2.43 bits per heavy atom. The zero-order chi connectivity index (χ0) is 18.9. The highest BCUT2D eigenvalue weighted by Crippen LogP contribution is 2.48. The molecule has 0 bridgehead atoms. The zero-order valence-corrected chi connectivity index (χ0v) is 17.1. The lowest BCUT2D eigenvalue weighted by Gasteiger charge is -2.29. The Bertz CT molecular complexity index is 792. The lowest BCUT2D eigenvalue weighted by Crippen LogP contribution is -2.53. The van der Waals surface area contributed by atoms with Gasteiger partial charge in [0, 0.05) is 12.5 Å². The van der Waals surface area contributed by atoms with Crippen LogP contribution in [0.1, 0.15) is 43.2 Å². The van der Waals surface area contributed by atoms with Crippen LogP contribution in [0.5, 0.6) is 5.75 Å². The highest BCUT2D eigenvalue weighted by atomic mass is 35.5. The Labute approximate surface area is 173 Å². The second-order valence-corrected chi connectivity index (χ2v) is 8.18. The summed E-state index contributed by atoms with van der Waals surface area (Å²) in [6.45, 7) is 3.15. The predicted octanol–water partition coefficient (Wildman–Crippen LogP) is 4.03. The Morgan fingerprint density at radius 2 is 1.82 bits per heavy atom. The Hall–Kier alpha value is -2.04. The SMILES string of the molecule is CC(CN)(NC(=O)C1CC1c1ccc(OCc2ccccc2)cc1)C1CC1.Cl. The summed E-state index contributed by atoms with van der Waals surface area (Å²) in [5, 5.41) is 3.23. The number of benzene rings is 2. The van der Waals surface area contributed by atoms with Gasteiger partial charge in [-0.05, 0) is 61.3 Å². The van der Waals surface area contributed by atoms with Gasteiger partial charge < -0.3 is 15.8 Å². The molecule has 3 unspecified atom stereocenters. The Balaban J connectivity index is 0.00000225. The van der Waals surface area contributed by atoms with Crippen molar-refractivity contribution in [1.82, 2.24) is 5.32 Å². The summed E-state index contributed by atoms with van der Waals surface area (Å²) in [5.74, 6) is 1.95. The molecule has 150 valence electrons. The second kappa shape index (κ2) is 8.54. The smallest absolute Gasteiger partial charge is 0.224 e. The molecule has 0 aliphatic heterocycles. The summed E-state index contributed by atoms with van der Waals surface area (Å²) < 4.78 is 5.84. The molecule has 0 spiro atoms. The molecule has 5 heteroatoms. The van der Waals surface area contributed by atoms with E-state index in [4.69, 9.17) is 10.5 Å². The molecule has 4 rings (SSSR count). The molecule has 0 aromatic heterocycles. The Morgan fingerprint density at radius 1 is 1.14 bits per heavy atom. The molecular weight excluding hydrogens is 372 g/mol. The van der Waals surface area contributed by atoms with Crippen LogP contribution in [0.25, 0.3) is 0 Å². The van der Waals surface area contributed by atoms with Crippen LogP contribution < -0.4 is 15.8 Å². The number of hydrogen-bond acceptors (Lipinski definition) is 3. The van der Waals surface area contributed by atoms with Gasteiger partial charge >= 0.3 is 0 Å². The van der Waals surface area contributed by atoms with Crippen molar-refractivity contribution in [3.8, 4) is 5.75 Å². The van der Waals surface area contributed by atoms with Crippen LogP contribution in [0.2, 0.25) is 0 Å². The van der Waals surface area contributed by atoms with E-state index in [1.165, 1.54) is 18.4 Å². The van der Waals surface area contributed by atoms with Gasteiger partial charge in [0.1, 0.15) is 12.4 Å².